The van der Waals surface area contributed by atoms with Crippen molar-refractivity contribution in [2.24, 2.45) is 0 Å². The third kappa shape index (κ3) is 6.65. The smallest absolute Gasteiger partial charge is 0.293 e. The zero-order valence-corrected chi connectivity index (χ0v) is 23.6. The number of halogens is 1. The van der Waals surface area contributed by atoms with E-state index in [0.717, 1.165) is 38.6 Å². The van der Waals surface area contributed by atoms with Crippen LogP contribution in [-0.2, 0) is 16.1 Å². The number of thioether (sulfide) groups is 1. The standard InChI is InChI=1S/C29H27BrN2O5S/c1-4-36-25-14-21(10-13-24(25)37-17-27(33)31-23-7-5-6-18(2)19(23)3)15-26-28(34)32(29(35)38-26)16-20-8-11-22(30)12-9-20/h5-15H,4,16-17H2,1-3H3,(H,31,33)/b26-15-. The molecule has 1 aliphatic rings. The lowest BCUT2D eigenvalue weighted by Crippen LogP contribution is -2.27. The quantitative estimate of drug-likeness (QED) is 0.277. The molecule has 1 fully saturated rings. The van der Waals surface area contributed by atoms with Crippen LogP contribution in [0.15, 0.2) is 70.0 Å². The second-order valence-corrected chi connectivity index (χ2v) is 10.5. The fourth-order valence-electron chi connectivity index (χ4n) is 3.78. The van der Waals surface area contributed by atoms with Crippen LogP contribution >= 0.6 is 27.7 Å². The molecule has 0 bridgehead atoms. The van der Waals surface area contributed by atoms with Gasteiger partial charge < -0.3 is 14.8 Å². The summed E-state index contributed by atoms with van der Waals surface area (Å²) in [4.78, 5) is 39.5. The first-order valence-electron chi connectivity index (χ1n) is 12.0. The molecule has 0 atom stereocenters. The molecule has 3 amide bonds. The maximum Gasteiger partial charge on any atom is 0.293 e. The molecule has 1 N–H and O–H groups in total. The van der Waals surface area contributed by atoms with Gasteiger partial charge in [0, 0.05) is 10.2 Å². The zero-order valence-electron chi connectivity index (χ0n) is 21.2. The predicted molar refractivity (Wildman–Crippen MR) is 153 cm³/mol. The van der Waals surface area contributed by atoms with E-state index in [1.165, 1.54) is 4.90 Å². The summed E-state index contributed by atoms with van der Waals surface area (Å²) < 4.78 is 12.4. The van der Waals surface area contributed by atoms with Crippen LogP contribution in [0.3, 0.4) is 0 Å². The Balaban J connectivity index is 1.44. The second kappa shape index (κ2) is 12.3. The lowest BCUT2D eigenvalue weighted by molar-refractivity contribution is -0.123. The zero-order chi connectivity index (χ0) is 27.2. The van der Waals surface area contributed by atoms with Gasteiger partial charge in [-0.25, -0.2) is 0 Å². The van der Waals surface area contributed by atoms with Crippen LogP contribution in [0.4, 0.5) is 10.5 Å². The Morgan fingerprint density at radius 3 is 2.53 bits per heavy atom. The highest BCUT2D eigenvalue weighted by atomic mass is 79.9. The molecular weight excluding hydrogens is 568 g/mol. The number of aryl methyl sites for hydroxylation is 1. The monoisotopic (exact) mass is 594 g/mol. The minimum absolute atomic E-state index is 0.193. The van der Waals surface area contributed by atoms with E-state index in [4.69, 9.17) is 9.47 Å². The van der Waals surface area contributed by atoms with Crippen LogP contribution < -0.4 is 14.8 Å². The summed E-state index contributed by atoms with van der Waals surface area (Å²) in [5, 5.41) is 2.56. The molecule has 1 saturated heterocycles. The molecule has 1 aliphatic heterocycles. The second-order valence-electron chi connectivity index (χ2n) is 8.62. The summed E-state index contributed by atoms with van der Waals surface area (Å²) in [5.74, 6) is 0.215. The Morgan fingerprint density at radius 1 is 1.03 bits per heavy atom. The number of ether oxygens (including phenoxy) is 2. The Bertz CT molecular complexity index is 1400. The van der Waals surface area contributed by atoms with Crippen LogP contribution in [0.2, 0.25) is 0 Å². The molecule has 4 rings (SSSR count). The van der Waals surface area contributed by atoms with Crippen LogP contribution in [0, 0.1) is 13.8 Å². The van der Waals surface area contributed by atoms with E-state index in [-0.39, 0.29) is 30.2 Å². The van der Waals surface area contributed by atoms with Gasteiger partial charge in [0.15, 0.2) is 18.1 Å². The topological polar surface area (TPSA) is 84.9 Å². The third-order valence-electron chi connectivity index (χ3n) is 5.93. The highest BCUT2D eigenvalue weighted by molar-refractivity contribution is 9.10. The Hall–Kier alpha value is -3.56. The van der Waals surface area contributed by atoms with Crippen LogP contribution in [0.1, 0.15) is 29.2 Å². The summed E-state index contributed by atoms with van der Waals surface area (Å²) in [7, 11) is 0. The van der Waals surface area contributed by atoms with E-state index in [9.17, 15) is 14.4 Å². The SMILES string of the molecule is CCOc1cc(/C=C2\SC(=O)N(Cc3ccc(Br)cc3)C2=O)ccc1OCC(=O)Nc1cccc(C)c1C. The Labute approximate surface area is 234 Å². The first-order valence-corrected chi connectivity index (χ1v) is 13.6. The number of hydrogen-bond donors (Lipinski definition) is 1. The van der Waals surface area contributed by atoms with E-state index >= 15 is 0 Å². The van der Waals surface area contributed by atoms with Gasteiger partial charge in [0.25, 0.3) is 17.1 Å². The Kier molecular flexibility index (Phi) is 8.91. The van der Waals surface area contributed by atoms with E-state index in [2.05, 4.69) is 21.2 Å². The number of carbonyl (C=O) groups is 3. The molecule has 3 aromatic carbocycles. The number of imide groups is 1. The van der Waals surface area contributed by atoms with Crippen LogP contribution in [-0.4, -0.2) is 35.2 Å². The van der Waals surface area contributed by atoms with Crippen molar-refractivity contribution in [1.82, 2.24) is 4.90 Å². The molecule has 0 aliphatic carbocycles. The molecule has 0 spiro atoms. The lowest BCUT2D eigenvalue weighted by atomic mass is 10.1. The first kappa shape index (κ1) is 27.5. The van der Waals surface area contributed by atoms with E-state index < -0.39 is 0 Å². The van der Waals surface area contributed by atoms with E-state index in [1.54, 1.807) is 24.3 Å². The normalized spacial score (nSPS) is 14.2. The number of nitrogens with one attached hydrogen (secondary N) is 1. The largest absolute Gasteiger partial charge is 0.490 e. The van der Waals surface area contributed by atoms with Crippen molar-refractivity contribution in [3.63, 3.8) is 0 Å². The highest BCUT2D eigenvalue weighted by Crippen LogP contribution is 2.35. The average molecular weight is 596 g/mol. The van der Waals surface area contributed by atoms with Crippen molar-refractivity contribution in [2.45, 2.75) is 27.3 Å². The molecule has 0 unspecified atom stereocenters. The minimum atomic E-state index is -0.343. The van der Waals surface area contributed by atoms with E-state index in [1.807, 2.05) is 63.2 Å². The molecule has 38 heavy (non-hydrogen) atoms. The molecule has 0 saturated carbocycles. The number of carbonyl (C=O) groups excluding carboxylic acids is 3. The summed E-state index contributed by atoms with van der Waals surface area (Å²) in [6, 6.07) is 18.4. The van der Waals surface area contributed by atoms with Crippen molar-refractivity contribution >= 4 is 56.5 Å². The van der Waals surface area contributed by atoms with Crippen molar-refractivity contribution in [1.29, 1.82) is 0 Å². The maximum absolute atomic E-state index is 12.9. The molecule has 1 heterocycles. The number of benzene rings is 3. The highest BCUT2D eigenvalue weighted by Gasteiger charge is 2.35. The van der Waals surface area contributed by atoms with Gasteiger partial charge in [0.05, 0.1) is 18.1 Å². The van der Waals surface area contributed by atoms with Crippen LogP contribution in [0.25, 0.3) is 6.08 Å². The third-order valence-corrected chi connectivity index (χ3v) is 7.37. The number of nitrogens with zero attached hydrogens (tertiary/aromatic N) is 1. The van der Waals surface area contributed by atoms with Gasteiger partial charge in [-0.15, -0.1) is 0 Å². The molecular formula is C29H27BrN2O5S. The average Bonchev–Trinajstić information content (AvgIpc) is 3.15. The van der Waals surface area contributed by atoms with Gasteiger partial charge >= 0.3 is 0 Å². The molecule has 9 heteroatoms. The van der Waals surface area contributed by atoms with Gasteiger partial charge in [-0.3, -0.25) is 19.3 Å². The molecule has 7 nitrogen and oxygen atoms in total. The van der Waals surface area contributed by atoms with Gasteiger partial charge in [-0.05, 0) is 91.2 Å². The Morgan fingerprint density at radius 2 is 1.79 bits per heavy atom. The lowest BCUT2D eigenvalue weighted by Gasteiger charge is -2.14. The first-order chi connectivity index (χ1) is 18.2. The van der Waals surface area contributed by atoms with Crippen LogP contribution in [0.5, 0.6) is 11.5 Å². The fourth-order valence-corrected chi connectivity index (χ4v) is 4.88. The van der Waals surface area contributed by atoms with Crippen molar-refractivity contribution < 1.29 is 23.9 Å². The van der Waals surface area contributed by atoms with Gasteiger partial charge in [-0.1, -0.05) is 46.3 Å². The summed E-state index contributed by atoms with van der Waals surface area (Å²) >= 11 is 4.29. The number of amides is 3. The summed E-state index contributed by atoms with van der Waals surface area (Å²) in [6.45, 7) is 6.18. The molecule has 0 radical (unpaired) electrons. The van der Waals surface area contributed by atoms with Gasteiger partial charge in [0.2, 0.25) is 0 Å². The van der Waals surface area contributed by atoms with E-state index in [0.29, 0.717) is 28.6 Å². The fraction of sp³-hybridized carbons (Fsp3) is 0.207. The van der Waals surface area contributed by atoms with Gasteiger partial charge in [0.1, 0.15) is 0 Å². The number of anilines is 1. The molecule has 3 aromatic rings. The molecule has 196 valence electrons. The maximum atomic E-state index is 12.9. The van der Waals surface area contributed by atoms with Crippen molar-refractivity contribution in [3.8, 4) is 11.5 Å². The predicted octanol–water partition coefficient (Wildman–Crippen LogP) is 6.72. The molecule has 0 aromatic heterocycles. The van der Waals surface area contributed by atoms with Crippen molar-refractivity contribution in [2.75, 3.05) is 18.5 Å². The minimum Gasteiger partial charge on any atom is -0.490 e. The van der Waals surface area contributed by atoms with Gasteiger partial charge in [-0.2, -0.15) is 0 Å². The summed E-state index contributed by atoms with van der Waals surface area (Å²) in [5.41, 5.74) is 4.37. The number of hydrogen-bond acceptors (Lipinski definition) is 6. The number of rotatable bonds is 9. The van der Waals surface area contributed by atoms with Crippen molar-refractivity contribution in [3.05, 3.63) is 92.3 Å². The summed E-state index contributed by atoms with van der Waals surface area (Å²) in [6.07, 6.45) is 1.66.